The molecular formula is C10H12F3N3. The number of rotatable bonds is 2. The molecule has 0 heterocycles. The molecule has 0 radical (unpaired) electrons. The number of benzene rings is 1. The van der Waals surface area contributed by atoms with Gasteiger partial charge in [0.25, 0.3) is 0 Å². The number of amidine groups is 1. The van der Waals surface area contributed by atoms with Gasteiger partial charge < -0.3 is 5.43 Å². The van der Waals surface area contributed by atoms with Gasteiger partial charge in [-0.05, 0) is 26.0 Å². The highest BCUT2D eigenvalue weighted by molar-refractivity contribution is 5.98. The first-order valence-electron chi connectivity index (χ1n) is 4.65. The van der Waals surface area contributed by atoms with E-state index in [1.807, 2.05) is 0 Å². The summed E-state index contributed by atoms with van der Waals surface area (Å²) in [5.41, 5.74) is 1.96. The van der Waals surface area contributed by atoms with E-state index in [0.717, 1.165) is 12.1 Å². The van der Waals surface area contributed by atoms with E-state index in [0.29, 0.717) is 0 Å². The van der Waals surface area contributed by atoms with Crippen LogP contribution in [0.3, 0.4) is 0 Å². The Bertz CT molecular complexity index is 416. The molecule has 6 heteroatoms. The fraction of sp³-hybridized carbons (Fsp3) is 0.300. The van der Waals surface area contributed by atoms with Crippen LogP contribution in [0, 0.1) is 17.5 Å². The third kappa shape index (κ3) is 2.52. The van der Waals surface area contributed by atoms with Gasteiger partial charge in [0.2, 0.25) is 0 Å². The molecule has 0 amide bonds. The quantitative estimate of drug-likeness (QED) is 0.268. The third-order valence-electron chi connectivity index (χ3n) is 1.81. The van der Waals surface area contributed by atoms with Crippen molar-refractivity contribution < 1.29 is 13.2 Å². The van der Waals surface area contributed by atoms with Crippen LogP contribution in [0.4, 0.5) is 13.2 Å². The molecule has 0 aliphatic carbocycles. The molecule has 1 rings (SSSR count). The standard InChI is InChI=1S/C10H12F3N3/c1-5(2)15-10(16-14)6-3-4-7(11)9(13)8(6)12/h3-5H,14H2,1-2H3,(H,15,16). The second-order valence-corrected chi connectivity index (χ2v) is 3.44. The van der Waals surface area contributed by atoms with Crippen molar-refractivity contribution in [2.45, 2.75) is 19.9 Å². The molecule has 16 heavy (non-hydrogen) atoms. The van der Waals surface area contributed by atoms with E-state index >= 15 is 0 Å². The molecule has 1 aromatic carbocycles. The minimum atomic E-state index is -1.54. The second kappa shape index (κ2) is 4.98. The summed E-state index contributed by atoms with van der Waals surface area (Å²) in [4.78, 5) is 3.95. The largest absolute Gasteiger partial charge is 0.308 e. The van der Waals surface area contributed by atoms with Crippen molar-refractivity contribution in [2.75, 3.05) is 0 Å². The lowest BCUT2D eigenvalue weighted by molar-refractivity contribution is 0.446. The Morgan fingerprint density at radius 3 is 2.38 bits per heavy atom. The van der Waals surface area contributed by atoms with Crippen molar-refractivity contribution in [1.29, 1.82) is 0 Å². The van der Waals surface area contributed by atoms with Crippen LogP contribution in [0.1, 0.15) is 19.4 Å². The average molecular weight is 231 g/mol. The van der Waals surface area contributed by atoms with E-state index in [1.54, 1.807) is 13.8 Å². The molecule has 0 aliphatic rings. The van der Waals surface area contributed by atoms with E-state index in [2.05, 4.69) is 10.4 Å². The van der Waals surface area contributed by atoms with Gasteiger partial charge in [-0.1, -0.05) is 0 Å². The molecule has 3 N–H and O–H groups in total. The molecule has 88 valence electrons. The molecule has 0 saturated carbocycles. The van der Waals surface area contributed by atoms with E-state index in [1.165, 1.54) is 0 Å². The summed E-state index contributed by atoms with van der Waals surface area (Å²) in [5.74, 6) is 1.03. The topological polar surface area (TPSA) is 50.4 Å². The predicted molar refractivity (Wildman–Crippen MR) is 55.3 cm³/mol. The summed E-state index contributed by atoms with van der Waals surface area (Å²) in [6, 6.07) is 1.74. The van der Waals surface area contributed by atoms with Crippen LogP contribution in [0.15, 0.2) is 17.1 Å². The van der Waals surface area contributed by atoms with E-state index < -0.39 is 17.5 Å². The fourth-order valence-electron chi connectivity index (χ4n) is 1.15. The number of hydrazine groups is 1. The Morgan fingerprint density at radius 1 is 1.25 bits per heavy atom. The van der Waals surface area contributed by atoms with Crippen LogP contribution in [0.25, 0.3) is 0 Å². The molecule has 0 saturated heterocycles. The SMILES string of the molecule is CC(C)N=C(NN)c1ccc(F)c(F)c1F. The van der Waals surface area contributed by atoms with Gasteiger partial charge >= 0.3 is 0 Å². The normalized spacial score (nSPS) is 12.1. The average Bonchev–Trinajstić information content (AvgIpc) is 2.23. The number of nitrogens with one attached hydrogen (secondary N) is 1. The van der Waals surface area contributed by atoms with E-state index in [4.69, 9.17) is 5.84 Å². The summed E-state index contributed by atoms with van der Waals surface area (Å²) >= 11 is 0. The lowest BCUT2D eigenvalue weighted by Crippen LogP contribution is -2.33. The lowest BCUT2D eigenvalue weighted by Gasteiger charge is -2.09. The van der Waals surface area contributed by atoms with Crippen molar-refractivity contribution in [3.63, 3.8) is 0 Å². The monoisotopic (exact) mass is 231 g/mol. The van der Waals surface area contributed by atoms with Gasteiger partial charge in [0.05, 0.1) is 5.56 Å². The predicted octanol–water partition coefficient (Wildman–Crippen LogP) is 1.72. The zero-order chi connectivity index (χ0) is 12.3. The van der Waals surface area contributed by atoms with Crippen molar-refractivity contribution in [1.82, 2.24) is 5.43 Å². The maximum Gasteiger partial charge on any atom is 0.195 e. The minimum absolute atomic E-state index is 0.0219. The molecular weight excluding hydrogens is 219 g/mol. The van der Waals surface area contributed by atoms with Crippen LogP contribution in [-0.2, 0) is 0 Å². The highest BCUT2D eigenvalue weighted by atomic mass is 19.2. The van der Waals surface area contributed by atoms with E-state index in [-0.39, 0.29) is 17.4 Å². The molecule has 1 aromatic rings. The maximum atomic E-state index is 13.4. The summed E-state index contributed by atoms with van der Waals surface area (Å²) in [6.07, 6.45) is 0. The number of nitrogens with two attached hydrogens (primary N) is 1. The Morgan fingerprint density at radius 2 is 1.88 bits per heavy atom. The number of hydrogen-bond acceptors (Lipinski definition) is 2. The molecule has 0 fully saturated rings. The first kappa shape index (κ1) is 12.5. The number of nitrogens with zero attached hydrogens (tertiary/aromatic N) is 1. The zero-order valence-electron chi connectivity index (χ0n) is 8.89. The van der Waals surface area contributed by atoms with Crippen LogP contribution in [0.2, 0.25) is 0 Å². The minimum Gasteiger partial charge on any atom is -0.308 e. The van der Waals surface area contributed by atoms with E-state index in [9.17, 15) is 13.2 Å². The van der Waals surface area contributed by atoms with Gasteiger partial charge in [-0.2, -0.15) is 0 Å². The highest BCUT2D eigenvalue weighted by Gasteiger charge is 2.16. The fourth-order valence-corrected chi connectivity index (χ4v) is 1.15. The zero-order valence-corrected chi connectivity index (χ0v) is 8.89. The van der Waals surface area contributed by atoms with Gasteiger partial charge in [0, 0.05) is 6.04 Å². The van der Waals surface area contributed by atoms with Crippen LogP contribution in [0.5, 0.6) is 0 Å². The summed E-state index contributed by atoms with van der Waals surface area (Å²) in [5, 5.41) is 0. The Kier molecular flexibility index (Phi) is 3.89. The Balaban J connectivity index is 3.27. The molecule has 0 spiro atoms. The van der Waals surface area contributed by atoms with Gasteiger partial charge in [-0.3, -0.25) is 4.99 Å². The number of aliphatic imine (C=N–C) groups is 1. The first-order valence-corrected chi connectivity index (χ1v) is 4.65. The molecule has 0 unspecified atom stereocenters. The third-order valence-corrected chi connectivity index (χ3v) is 1.81. The second-order valence-electron chi connectivity index (χ2n) is 3.44. The summed E-state index contributed by atoms with van der Waals surface area (Å²) in [7, 11) is 0. The number of hydrogen-bond donors (Lipinski definition) is 2. The number of halogens is 3. The molecule has 3 nitrogen and oxygen atoms in total. The Labute approximate surface area is 91.1 Å². The van der Waals surface area contributed by atoms with Gasteiger partial charge in [-0.15, -0.1) is 0 Å². The highest BCUT2D eigenvalue weighted by Crippen LogP contribution is 2.15. The first-order chi connectivity index (χ1) is 7.47. The van der Waals surface area contributed by atoms with Crippen molar-refractivity contribution in [3.8, 4) is 0 Å². The van der Waals surface area contributed by atoms with Gasteiger partial charge in [0.1, 0.15) is 5.84 Å². The lowest BCUT2D eigenvalue weighted by atomic mass is 10.1. The summed E-state index contributed by atoms with van der Waals surface area (Å²) in [6.45, 7) is 3.49. The van der Waals surface area contributed by atoms with Crippen molar-refractivity contribution in [2.24, 2.45) is 10.8 Å². The van der Waals surface area contributed by atoms with Crippen LogP contribution < -0.4 is 11.3 Å². The maximum absolute atomic E-state index is 13.4. The molecule has 0 atom stereocenters. The van der Waals surface area contributed by atoms with Gasteiger partial charge in [-0.25, -0.2) is 19.0 Å². The Hall–Kier alpha value is -1.56. The molecule has 0 bridgehead atoms. The van der Waals surface area contributed by atoms with Gasteiger partial charge in [0.15, 0.2) is 17.5 Å². The molecule has 0 aromatic heterocycles. The van der Waals surface area contributed by atoms with Crippen molar-refractivity contribution in [3.05, 3.63) is 35.1 Å². The summed E-state index contributed by atoms with van der Waals surface area (Å²) < 4.78 is 39.0. The molecule has 0 aliphatic heterocycles. The van der Waals surface area contributed by atoms with Crippen LogP contribution in [-0.4, -0.2) is 11.9 Å². The van der Waals surface area contributed by atoms with Crippen LogP contribution >= 0.6 is 0 Å². The van der Waals surface area contributed by atoms with Crippen molar-refractivity contribution >= 4 is 5.84 Å². The smallest absolute Gasteiger partial charge is 0.195 e.